The van der Waals surface area contributed by atoms with Gasteiger partial charge in [-0.15, -0.1) is 11.8 Å². The van der Waals surface area contributed by atoms with E-state index in [-0.39, 0.29) is 22.9 Å². The van der Waals surface area contributed by atoms with Crippen molar-refractivity contribution < 1.29 is 13.2 Å². The first kappa shape index (κ1) is 19.3. The van der Waals surface area contributed by atoms with Crippen LogP contribution in [0.2, 0.25) is 0 Å². The Morgan fingerprint density at radius 1 is 1.11 bits per heavy atom. The zero-order chi connectivity index (χ0) is 19.2. The van der Waals surface area contributed by atoms with E-state index in [9.17, 15) is 13.2 Å². The molecule has 4 bridgehead atoms. The van der Waals surface area contributed by atoms with Crippen molar-refractivity contribution in [3.05, 3.63) is 24.3 Å². The van der Waals surface area contributed by atoms with Crippen molar-refractivity contribution >= 4 is 27.7 Å². The average Bonchev–Trinajstić information content (AvgIpc) is 2.59. The van der Waals surface area contributed by atoms with Crippen molar-refractivity contribution in [1.29, 1.82) is 0 Å². The Balaban J connectivity index is 1.41. The van der Waals surface area contributed by atoms with Gasteiger partial charge in [0.25, 0.3) is 0 Å². The summed E-state index contributed by atoms with van der Waals surface area (Å²) >= 11 is 1.57. The highest BCUT2D eigenvalue weighted by atomic mass is 32.2. The van der Waals surface area contributed by atoms with Crippen molar-refractivity contribution in [3.63, 3.8) is 0 Å². The summed E-state index contributed by atoms with van der Waals surface area (Å²) in [5.74, 6) is 2.05. The Bertz CT molecular complexity index is 785. The van der Waals surface area contributed by atoms with Gasteiger partial charge in [0.1, 0.15) is 0 Å². The molecule has 4 aliphatic rings. The molecule has 5 nitrogen and oxygen atoms in total. The molecule has 0 unspecified atom stereocenters. The molecule has 4 aliphatic carbocycles. The van der Waals surface area contributed by atoms with E-state index in [0.717, 1.165) is 46.2 Å². The number of carbonyl (C=O) groups excluding carboxylic acids is 1. The van der Waals surface area contributed by atoms with Crippen LogP contribution in [0.1, 0.15) is 38.5 Å². The van der Waals surface area contributed by atoms with Gasteiger partial charge in [-0.1, -0.05) is 0 Å². The lowest BCUT2D eigenvalue weighted by atomic mass is 9.53. The molecule has 1 amide bonds. The highest BCUT2D eigenvalue weighted by Crippen LogP contribution is 2.55. The standard InChI is InChI=1S/C20H28N2O3S2/c1-22(27(24,25)18-5-3-17(26-2)4-6-18)13-19(23)21-20-10-14-7-15(11-20)9-16(8-14)12-20/h3-6,14-16H,7-13H2,1-2H3,(H,21,23). The number of hydrogen-bond acceptors (Lipinski definition) is 4. The van der Waals surface area contributed by atoms with Gasteiger partial charge < -0.3 is 5.32 Å². The molecule has 27 heavy (non-hydrogen) atoms. The molecule has 4 fully saturated rings. The van der Waals surface area contributed by atoms with Crippen LogP contribution >= 0.6 is 11.8 Å². The van der Waals surface area contributed by atoms with Crippen LogP contribution in [0.4, 0.5) is 0 Å². The summed E-state index contributed by atoms with van der Waals surface area (Å²) in [6.07, 6.45) is 9.09. The summed E-state index contributed by atoms with van der Waals surface area (Å²) in [5, 5.41) is 3.25. The number of likely N-dealkylation sites (N-methyl/N-ethyl adjacent to an activating group) is 1. The van der Waals surface area contributed by atoms with Crippen LogP contribution in [0.15, 0.2) is 34.1 Å². The molecule has 7 heteroatoms. The fourth-order valence-corrected chi connectivity index (χ4v) is 7.35. The van der Waals surface area contributed by atoms with Crippen molar-refractivity contribution in [2.45, 2.75) is 53.9 Å². The third-order valence-electron chi connectivity index (χ3n) is 6.58. The Labute approximate surface area is 166 Å². The fourth-order valence-electron chi connectivity index (χ4n) is 5.81. The molecular weight excluding hydrogens is 380 g/mol. The van der Waals surface area contributed by atoms with Crippen molar-refractivity contribution in [2.24, 2.45) is 17.8 Å². The number of amides is 1. The number of nitrogens with zero attached hydrogens (tertiary/aromatic N) is 1. The summed E-state index contributed by atoms with van der Waals surface area (Å²) in [4.78, 5) is 13.9. The van der Waals surface area contributed by atoms with Crippen LogP contribution in [-0.4, -0.2) is 44.0 Å². The molecule has 0 heterocycles. The van der Waals surface area contributed by atoms with Crippen molar-refractivity contribution in [1.82, 2.24) is 9.62 Å². The third kappa shape index (κ3) is 3.78. The second kappa shape index (κ2) is 7.08. The Hall–Kier alpha value is -1.05. The van der Waals surface area contributed by atoms with E-state index < -0.39 is 10.0 Å². The second-order valence-corrected chi connectivity index (χ2v) is 11.6. The van der Waals surface area contributed by atoms with Gasteiger partial charge in [-0.05, 0) is 86.8 Å². The minimum absolute atomic E-state index is 0.0869. The van der Waals surface area contributed by atoms with Crippen LogP contribution < -0.4 is 5.32 Å². The normalized spacial score (nSPS) is 32.0. The van der Waals surface area contributed by atoms with E-state index in [0.29, 0.717) is 0 Å². The zero-order valence-electron chi connectivity index (χ0n) is 16.0. The lowest BCUT2D eigenvalue weighted by molar-refractivity contribution is -0.126. The average molecular weight is 409 g/mol. The Morgan fingerprint density at radius 3 is 2.11 bits per heavy atom. The summed E-state index contributed by atoms with van der Waals surface area (Å²) in [7, 11) is -2.18. The lowest BCUT2D eigenvalue weighted by Gasteiger charge is -2.57. The molecule has 1 N–H and O–H groups in total. The van der Waals surface area contributed by atoms with Crippen molar-refractivity contribution in [2.75, 3.05) is 19.8 Å². The maximum Gasteiger partial charge on any atom is 0.243 e. The fraction of sp³-hybridized carbons (Fsp3) is 0.650. The van der Waals surface area contributed by atoms with E-state index in [1.165, 1.54) is 26.3 Å². The van der Waals surface area contributed by atoms with Gasteiger partial charge in [0.05, 0.1) is 11.4 Å². The minimum Gasteiger partial charge on any atom is -0.349 e. The van der Waals surface area contributed by atoms with Gasteiger partial charge >= 0.3 is 0 Å². The van der Waals surface area contributed by atoms with Crippen molar-refractivity contribution in [3.8, 4) is 0 Å². The lowest BCUT2D eigenvalue weighted by Crippen LogP contribution is -2.61. The second-order valence-electron chi connectivity index (χ2n) is 8.68. The summed E-state index contributed by atoms with van der Waals surface area (Å²) in [6.45, 7) is -0.131. The number of thioether (sulfide) groups is 1. The molecule has 0 aromatic heterocycles. The first-order valence-electron chi connectivity index (χ1n) is 9.71. The molecule has 0 saturated heterocycles. The largest absolute Gasteiger partial charge is 0.349 e. The Kier molecular flexibility index (Phi) is 5.06. The number of nitrogens with one attached hydrogen (secondary N) is 1. The highest BCUT2D eigenvalue weighted by Gasteiger charge is 2.51. The van der Waals surface area contributed by atoms with Gasteiger partial charge in [0.2, 0.25) is 15.9 Å². The number of carbonyl (C=O) groups is 1. The third-order valence-corrected chi connectivity index (χ3v) is 9.14. The first-order valence-corrected chi connectivity index (χ1v) is 12.4. The molecule has 0 radical (unpaired) electrons. The molecule has 4 saturated carbocycles. The predicted molar refractivity (Wildman–Crippen MR) is 107 cm³/mol. The summed E-state index contributed by atoms with van der Waals surface area (Å²) in [5.41, 5.74) is -0.0869. The van der Waals surface area contributed by atoms with Crippen LogP contribution in [-0.2, 0) is 14.8 Å². The molecule has 0 aliphatic heterocycles. The first-order chi connectivity index (χ1) is 12.8. The SMILES string of the molecule is CSc1ccc(S(=O)(=O)N(C)CC(=O)NC23CC4CC(CC(C4)C2)C3)cc1. The van der Waals surface area contributed by atoms with Crippen LogP contribution in [0.5, 0.6) is 0 Å². The van der Waals surface area contributed by atoms with Crippen LogP contribution in [0, 0.1) is 17.8 Å². The summed E-state index contributed by atoms with van der Waals surface area (Å²) in [6, 6.07) is 6.80. The van der Waals surface area contributed by atoms with Gasteiger partial charge in [-0.2, -0.15) is 4.31 Å². The molecule has 5 rings (SSSR count). The van der Waals surface area contributed by atoms with Crippen LogP contribution in [0.25, 0.3) is 0 Å². The zero-order valence-corrected chi connectivity index (χ0v) is 17.6. The topological polar surface area (TPSA) is 66.5 Å². The number of benzene rings is 1. The Morgan fingerprint density at radius 2 is 1.63 bits per heavy atom. The number of rotatable bonds is 6. The monoisotopic (exact) mass is 408 g/mol. The van der Waals surface area contributed by atoms with E-state index in [1.807, 2.05) is 6.26 Å². The van der Waals surface area contributed by atoms with E-state index in [1.54, 1.807) is 36.0 Å². The minimum atomic E-state index is -3.66. The van der Waals surface area contributed by atoms with Gasteiger partial charge in [0.15, 0.2) is 0 Å². The molecule has 148 valence electrons. The van der Waals surface area contributed by atoms with E-state index in [2.05, 4.69) is 5.32 Å². The maximum absolute atomic E-state index is 12.8. The van der Waals surface area contributed by atoms with Crippen LogP contribution in [0.3, 0.4) is 0 Å². The maximum atomic E-state index is 12.8. The number of hydrogen-bond donors (Lipinski definition) is 1. The van der Waals surface area contributed by atoms with E-state index >= 15 is 0 Å². The number of sulfonamides is 1. The molecule has 0 spiro atoms. The van der Waals surface area contributed by atoms with Gasteiger partial charge in [-0.3, -0.25) is 4.79 Å². The molecular formula is C20H28N2O3S2. The van der Waals surface area contributed by atoms with Gasteiger partial charge in [0, 0.05) is 17.5 Å². The molecule has 1 aromatic carbocycles. The summed E-state index contributed by atoms with van der Waals surface area (Å²) < 4.78 is 26.7. The predicted octanol–water partition coefficient (Wildman–Crippen LogP) is 3.11. The molecule has 0 atom stereocenters. The molecule has 1 aromatic rings. The highest BCUT2D eigenvalue weighted by molar-refractivity contribution is 7.98. The van der Waals surface area contributed by atoms with Gasteiger partial charge in [-0.25, -0.2) is 8.42 Å². The quantitative estimate of drug-likeness (QED) is 0.735. The smallest absolute Gasteiger partial charge is 0.243 e. The van der Waals surface area contributed by atoms with E-state index in [4.69, 9.17) is 0 Å².